The third kappa shape index (κ3) is 2.17. The summed E-state index contributed by atoms with van der Waals surface area (Å²) in [5.41, 5.74) is 10.1. The van der Waals surface area contributed by atoms with Crippen LogP contribution in [-0.4, -0.2) is 21.8 Å². The second-order valence-electron chi connectivity index (χ2n) is 2.50. The van der Waals surface area contributed by atoms with Crippen LogP contribution in [0.5, 0.6) is 0 Å². The molecule has 1 heterocycles. The maximum atomic E-state index is 10.9. The van der Waals surface area contributed by atoms with E-state index >= 15 is 0 Å². The number of halogens is 1. The van der Waals surface area contributed by atoms with E-state index in [0.717, 1.165) is 6.33 Å². The predicted octanol–water partition coefficient (Wildman–Crippen LogP) is -0.816. The summed E-state index contributed by atoms with van der Waals surface area (Å²) in [5, 5.41) is 0.113. The molecule has 0 aliphatic carbocycles. The lowest BCUT2D eigenvalue weighted by atomic mass is 10.0. The van der Waals surface area contributed by atoms with Crippen LogP contribution in [0.2, 0.25) is 5.15 Å². The quantitative estimate of drug-likeness (QED) is 0.506. The molecule has 0 saturated heterocycles. The highest BCUT2D eigenvalue weighted by Gasteiger charge is 2.25. The first-order valence-corrected chi connectivity index (χ1v) is 3.96. The smallest absolute Gasteiger partial charge is 0.236 e. The van der Waals surface area contributed by atoms with E-state index in [0.29, 0.717) is 0 Å². The molecule has 0 radical (unpaired) electrons. The zero-order valence-corrected chi connectivity index (χ0v) is 7.73. The van der Waals surface area contributed by atoms with Gasteiger partial charge in [0.05, 0.1) is 5.69 Å². The van der Waals surface area contributed by atoms with Crippen molar-refractivity contribution < 1.29 is 9.59 Å². The summed E-state index contributed by atoms with van der Waals surface area (Å²) in [6.07, 6.45) is 1.12. The number of hydrogen-bond donors (Lipinski definition) is 2. The minimum absolute atomic E-state index is 0.102. The number of primary amides is 2. The van der Waals surface area contributed by atoms with Gasteiger partial charge in [0, 0.05) is 0 Å². The number of rotatable bonds is 3. The summed E-state index contributed by atoms with van der Waals surface area (Å²) in [4.78, 5) is 29.0. The van der Waals surface area contributed by atoms with Crippen LogP contribution in [0.1, 0.15) is 11.6 Å². The Kier molecular flexibility index (Phi) is 2.98. The van der Waals surface area contributed by atoms with Crippen molar-refractivity contribution in [1.29, 1.82) is 0 Å². The molecule has 0 saturated carbocycles. The fraction of sp³-hybridized carbons (Fsp3) is 0.143. The monoisotopic (exact) mass is 214 g/mol. The molecule has 7 heteroatoms. The zero-order chi connectivity index (χ0) is 10.7. The maximum absolute atomic E-state index is 10.9. The van der Waals surface area contributed by atoms with Gasteiger partial charge in [0.2, 0.25) is 11.8 Å². The van der Waals surface area contributed by atoms with E-state index in [1.54, 1.807) is 0 Å². The topological polar surface area (TPSA) is 112 Å². The number of nitrogens with zero attached hydrogens (tertiary/aromatic N) is 2. The van der Waals surface area contributed by atoms with Crippen LogP contribution in [0.4, 0.5) is 0 Å². The van der Waals surface area contributed by atoms with Crippen LogP contribution >= 0.6 is 11.6 Å². The Bertz CT molecular complexity index is 368. The summed E-state index contributed by atoms with van der Waals surface area (Å²) in [5.74, 6) is -3.00. The number of carbonyl (C=O) groups is 2. The molecule has 0 atom stereocenters. The first-order chi connectivity index (χ1) is 6.52. The second-order valence-corrected chi connectivity index (χ2v) is 2.89. The highest BCUT2D eigenvalue weighted by atomic mass is 35.5. The number of nitrogens with two attached hydrogens (primary N) is 2. The molecule has 1 aromatic rings. The minimum Gasteiger partial charge on any atom is -0.369 e. The molecular weight excluding hydrogens is 208 g/mol. The number of carbonyl (C=O) groups excluding carboxylic acids is 2. The Morgan fingerprint density at radius 2 is 1.86 bits per heavy atom. The Balaban J connectivity index is 3.12. The minimum atomic E-state index is -1.27. The maximum Gasteiger partial charge on any atom is 0.236 e. The van der Waals surface area contributed by atoms with Gasteiger partial charge in [-0.1, -0.05) is 11.6 Å². The van der Waals surface area contributed by atoms with E-state index < -0.39 is 17.7 Å². The van der Waals surface area contributed by atoms with Crippen LogP contribution in [-0.2, 0) is 9.59 Å². The number of hydrogen-bond acceptors (Lipinski definition) is 4. The fourth-order valence-corrected chi connectivity index (χ4v) is 1.09. The van der Waals surface area contributed by atoms with Gasteiger partial charge in [0.25, 0.3) is 0 Å². The zero-order valence-electron chi connectivity index (χ0n) is 6.98. The van der Waals surface area contributed by atoms with E-state index in [1.807, 2.05) is 0 Å². The average Bonchev–Trinajstić information content (AvgIpc) is 2.02. The lowest BCUT2D eigenvalue weighted by molar-refractivity contribution is -0.128. The molecule has 4 N–H and O–H groups in total. The average molecular weight is 215 g/mol. The van der Waals surface area contributed by atoms with Crippen LogP contribution in [0.15, 0.2) is 12.4 Å². The molecule has 0 bridgehead atoms. The standard InChI is InChI=1S/C7H7ClN4O2/c8-4-1-3(11-2-12-4)5(6(9)13)7(10)14/h1-2,5H,(H2,9,13)(H2,10,14). The van der Waals surface area contributed by atoms with Gasteiger partial charge in [-0.25, -0.2) is 9.97 Å². The van der Waals surface area contributed by atoms with E-state index in [2.05, 4.69) is 9.97 Å². The molecule has 0 unspecified atom stereocenters. The largest absolute Gasteiger partial charge is 0.369 e. The van der Waals surface area contributed by atoms with E-state index in [1.165, 1.54) is 6.07 Å². The highest BCUT2D eigenvalue weighted by Crippen LogP contribution is 2.14. The van der Waals surface area contributed by atoms with Gasteiger partial charge in [0.1, 0.15) is 11.5 Å². The van der Waals surface area contributed by atoms with Crippen molar-refractivity contribution in [2.75, 3.05) is 0 Å². The van der Waals surface area contributed by atoms with Gasteiger partial charge in [-0.15, -0.1) is 0 Å². The third-order valence-corrected chi connectivity index (χ3v) is 1.73. The van der Waals surface area contributed by atoms with Crippen molar-refractivity contribution in [2.45, 2.75) is 5.92 Å². The van der Waals surface area contributed by atoms with Gasteiger partial charge in [-0.2, -0.15) is 0 Å². The first kappa shape index (κ1) is 10.4. The third-order valence-electron chi connectivity index (χ3n) is 1.52. The Hall–Kier alpha value is -1.69. The van der Waals surface area contributed by atoms with E-state index in [-0.39, 0.29) is 10.8 Å². The lowest BCUT2D eigenvalue weighted by Gasteiger charge is -2.07. The van der Waals surface area contributed by atoms with Crippen LogP contribution in [0, 0.1) is 0 Å². The first-order valence-electron chi connectivity index (χ1n) is 3.58. The number of aromatic nitrogens is 2. The van der Waals surface area contributed by atoms with Crippen LogP contribution in [0.3, 0.4) is 0 Å². The molecule has 74 valence electrons. The fourth-order valence-electron chi connectivity index (χ4n) is 0.937. The molecule has 6 nitrogen and oxygen atoms in total. The lowest BCUT2D eigenvalue weighted by Crippen LogP contribution is -2.33. The molecule has 14 heavy (non-hydrogen) atoms. The van der Waals surface area contributed by atoms with Gasteiger partial charge in [-0.05, 0) is 6.07 Å². The Morgan fingerprint density at radius 3 is 2.29 bits per heavy atom. The molecule has 0 aliphatic heterocycles. The molecular formula is C7H7ClN4O2. The molecule has 1 rings (SSSR count). The van der Waals surface area contributed by atoms with Gasteiger partial charge < -0.3 is 11.5 Å². The SMILES string of the molecule is NC(=O)C(C(N)=O)c1cc(Cl)ncn1. The van der Waals surface area contributed by atoms with Gasteiger partial charge in [-0.3, -0.25) is 9.59 Å². The van der Waals surface area contributed by atoms with Crippen molar-refractivity contribution in [3.63, 3.8) is 0 Å². The normalized spacial score (nSPS) is 10.1. The molecule has 2 amide bonds. The van der Waals surface area contributed by atoms with Crippen LogP contribution < -0.4 is 11.5 Å². The number of amides is 2. The van der Waals surface area contributed by atoms with E-state index in [9.17, 15) is 9.59 Å². The summed E-state index contributed by atoms with van der Waals surface area (Å²) in [7, 11) is 0. The van der Waals surface area contributed by atoms with Crippen LogP contribution in [0.25, 0.3) is 0 Å². The van der Waals surface area contributed by atoms with Crippen molar-refractivity contribution in [2.24, 2.45) is 11.5 Å². The van der Waals surface area contributed by atoms with Crippen molar-refractivity contribution in [1.82, 2.24) is 9.97 Å². The molecule has 0 spiro atoms. The Morgan fingerprint density at radius 1 is 1.29 bits per heavy atom. The summed E-state index contributed by atoms with van der Waals surface area (Å²) in [6, 6.07) is 1.27. The highest BCUT2D eigenvalue weighted by molar-refractivity contribution is 6.29. The Labute approximate surface area is 84.3 Å². The summed E-state index contributed by atoms with van der Waals surface area (Å²) in [6.45, 7) is 0. The summed E-state index contributed by atoms with van der Waals surface area (Å²) < 4.78 is 0. The molecule has 0 aromatic carbocycles. The van der Waals surface area contributed by atoms with Crippen molar-refractivity contribution >= 4 is 23.4 Å². The molecule has 0 fully saturated rings. The van der Waals surface area contributed by atoms with Gasteiger partial charge in [0.15, 0.2) is 5.92 Å². The molecule has 1 aromatic heterocycles. The molecule has 0 aliphatic rings. The van der Waals surface area contributed by atoms with E-state index in [4.69, 9.17) is 23.1 Å². The second kappa shape index (κ2) is 4.01. The van der Waals surface area contributed by atoms with Gasteiger partial charge >= 0.3 is 0 Å². The summed E-state index contributed by atoms with van der Waals surface area (Å²) >= 11 is 5.54. The van der Waals surface area contributed by atoms with Crippen molar-refractivity contribution in [3.8, 4) is 0 Å². The van der Waals surface area contributed by atoms with Crippen molar-refractivity contribution in [3.05, 3.63) is 23.2 Å². The predicted molar refractivity (Wildman–Crippen MR) is 48.2 cm³/mol.